The third kappa shape index (κ3) is 6.65. The molecule has 1 rings (SSSR count). The number of allylic oxidation sites excluding steroid dienone is 6. The highest BCUT2D eigenvalue weighted by molar-refractivity contribution is 6.46. The van der Waals surface area contributed by atoms with Crippen molar-refractivity contribution in [1.29, 1.82) is 0 Å². The van der Waals surface area contributed by atoms with Gasteiger partial charge in [0.2, 0.25) is 0 Å². The summed E-state index contributed by atoms with van der Waals surface area (Å²) in [5.41, 5.74) is 7.80. The number of hydrogen-bond acceptors (Lipinski definition) is 3. The minimum Gasteiger partial charge on any atom is -0.373 e. The van der Waals surface area contributed by atoms with E-state index in [-0.39, 0.29) is 17.7 Å². The van der Waals surface area contributed by atoms with E-state index in [2.05, 4.69) is 11.6 Å². The Morgan fingerprint density at radius 1 is 1.44 bits per heavy atom. The summed E-state index contributed by atoms with van der Waals surface area (Å²) >= 11 is 12.1. The minimum absolute atomic E-state index is 0.00918. The maximum atomic E-state index is 13.8. The fraction of sp³-hybridized carbons (Fsp3) is 0.286. The molecule has 2 N–H and O–H groups in total. The van der Waals surface area contributed by atoms with Gasteiger partial charge < -0.3 is 10.6 Å². The molecule has 1 aromatic carbocycles. The lowest BCUT2D eigenvalue weighted by Gasteiger charge is -2.26. The van der Waals surface area contributed by atoms with Crippen LogP contribution >= 0.6 is 23.2 Å². The molecule has 0 fully saturated rings. The summed E-state index contributed by atoms with van der Waals surface area (Å²) in [4.78, 5) is 6.28. The van der Waals surface area contributed by atoms with Gasteiger partial charge in [-0.3, -0.25) is 4.99 Å². The van der Waals surface area contributed by atoms with Crippen LogP contribution in [0.2, 0.25) is 5.02 Å². The van der Waals surface area contributed by atoms with E-state index in [1.807, 2.05) is 50.2 Å². The topological polar surface area (TPSA) is 41.6 Å². The van der Waals surface area contributed by atoms with Crippen LogP contribution in [0.3, 0.4) is 0 Å². The molecular weight excluding hydrogens is 384 g/mol. The summed E-state index contributed by atoms with van der Waals surface area (Å²) in [5.74, 6) is -0.422. The Labute approximate surface area is 171 Å². The Morgan fingerprint density at radius 2 is 2.15 bits per heavy atom. The summed E-state index contributed by atoms with van der Waals surface area (Å²) in [7, 11) is 1.93. The van der Waals surface area contributed by atoms with Gasteiger partial charge in [-0.25, -0.2) is 4.39 Å². The summed E-state index contributed by atoms with van der Waals surface area (Å²) < 4.78 is 13.8. The molecule has 6 heteroatoms. The highest BCUT2D eigenvalue weighted by Gasteiger charge is 2.15. The second-order valence-corrected chi connectivity index (χ2v) is 6.58. The molecule has 27 heavy (non-hydrogen) atoms. The first kappa shape index (κ1) is 23.2. The van der Waals surface area contributed by atoms with Crippen LogP contribution in [-0.4, -0.2) is 24.3 Å². The highest BCUT2D eigenvalue weighted by Crippen LogP contribution is 2.27. The van der Waals surface area contributed by atoms with Crippen molar-refractivity contribution in [3.8, 4) is 0 Å². The molecule has 146 valence electrons. The molecule has 0 saturated heterocycles. The van der Waals surface area contributed by atoms with Gasteiger partial charge in [-0.1, -0.05) is 61.0 Å². The highest BCUT2D eigenvalue weighted by atomic mass is 35.5. The standard InChI is InChI=1S/C21H26Cl2FN3/c1-5-8-15(21(26-14-25)17(22)6-2)11-12-27(4)20(7-3)16-9-10-18(23)19(24)13-16/h5-6,8-13,20H,1,7,14,25H2,2-4H3/b12-11-,15-8+,17-6+,26-21?. The van der Waals surface area contributed by atoms with Crippen LogP contribution in [0.25, 0.3) is 0 Å². The van der Waals surface area contributed by atoms with Crippen LogP contribution in [0.5, 0.6) is 0 Å². The predicted molar refractivity (Wildman–Crippen MR) is 116 cm³/mol. The van der Waals surface area contributed by atoms with Gasteiger partial charge in [-0.05, 0) is 43.3 Å². The smallest absolute Gasteiger partial charge is 0.142 e. The van der Waals surface area contributed by atoms with E-state index in [0.29, 0.717) is 10.7 Å². The quantitative estimate of drug-likeness (QED) is 0.402. The lowest BCUT2D eigenvalue weighted by atomic mass is 10.0. The molecule has 0 aliphatic heterocycles. The molecule has 1 unspecified atom stereocenters. The fourth-order valence-electron chi connectivity index (χ4n) is 2.65. The average molecular weight is 410 g/mol. The molecule has 1 atom stereocenters. The average Bonchev–Trinajstić information content (AvgIpc) is 2.66. The number of halogens is 3. The number of hydrogen-bond donors (Lipinski definition) is 1. The number of benzene rings is 1. The first-order chi connectivity index (χ1) is 12.9. The summed E-state index contributed by atoms with van der Waals surface area (Å²) in [6.07, 6.45) is 9.82. The molecule has 3 nitrogen and oxygen atoms in total. The minimum atomic E-state index is -0.422. The first-order valence-electron chi connectivity index (χ1n) is 8.64. The molecule has 0 aliphatic rings. The van der Waals surface area contributed by atoms with Gasteiger partial charge >= 0.3 is 0 Å². The van der Waals surface area contributed by atoms with Gasteiger partial charge in [0.1, 0.15) is 5.82 Å². The normalized spacial score (nSPS) is 14.6. The van der Waals surface area contributed by atoms with Crippen molar-refractivity contribution in [1.82, 2.24) is 4.90 Å². The second-order valence-electron chi connectivity index (χ2n) is 5.76. The van der Waals surface area contributed by atoms with E-state index in [1.54, 1.807) is 18.2 Å². The Hall–Kier alpha value is -1.88. The van der Waals surface area contributed by atoms with Crippen molar-refractivity contribution < 1.29 is 4.39 Å². The van der Waals surface area contributed by atoms with Crippen molar-refractivity contribution in [3.63, 3.8) is 0 Å². The molecule has 0 heterocycles. The summed E-state index contributed by atoms with van der Waals surface area (Å²) in [6.45, 7) is 7.74. The molecule has 0 saturated carbocycles. The lowest BCUT2D eigenvalue weighted by molar-refractivity contribution is 0.327. The van der Waals surface area contributed by atoms with E-state index in [1.165, 1.54) is 6.07 Å². The molecule has 0 amide bonds. The van der Waals surface area contributed by atoms with Gasteiger partial charge in [0, 0.05) is 12.6 Å². The maximum absolute atomic E-state index is 13.8. The Balaban J connectivity index is 3.17. The summed E-state index contributed by atoms with van der Waals surface area (Å²) in [5, 5.41) is 0.624. The molecule has 0 aromatic heterocycles. The van der Waals surface area contributed by atoms with Gasteiger partial charge in [0.25, 0.3) is 0 Å². The third-order valence-electron chi connectivity index (χ3n) is 4.00. The van der Waals surface area contributed by atoms with E-state index in [4.69, 9.17) is 28.9 Å². The van der Waals surface area contributed by atoms with Crippen LogP contribution in [0.4, 0.5) is 4.39 Å². The molecule has 0 spiro atoms. The van der Waals surface area contributed by atoms with E-state index >= 15 is 0 Å². The fourth-order valence-corrected chi connectivity index (χ4v) is 2.94. The largest absolute Gasteiger partial charge is 0.373 e. The van der Waals surface area contributed by atoms with Gasteiger partial charge in [-0.2, -0.15) is 0 Å². The first-order valence-corrected chi connectivity index (χ1v) is 9.39. The predicted octanol–water partition coefficient (Wildman–Crippen LogP) is 5.99. The second kappa shape index (κ2) is 11.8. The number of aliphatic imine (C=N–C) groups is 1. The van der Waals surface area contributed by atoms with Crippen LogP contribution in [-0.2, 0) is 0 Å². The Morgan fingerprint density at radius 3 is 2.67 bits per heavy atom. The summed E-state index contributed by atoms with van der Waals surface area (Å²) in [6, 6.07) is 4.87. The lowest BCUT2D eigenvalue weighted by Crippen LogP contribution is -2.19. The molecule has 0 aliphatic carbocycles. The number of rotatable bonds is 9. The Kier molecular flexibility index (Phi) is 10.1. The zero-order valence-corrected chi connectivity index (χ0v) is 17.4. The molecular formula is C21H26Cl2FN3. The molecule has 0 bridgehead atoms. The van der Waals surface area contributed by atoms with E-state index < -0.39 is 5.82 Å². The van der Waals surface area contributed by atoms with Crippen molar-refractivity contribution in [3.05, 3.63) is 82.3 Å². The van der Waals surface area contributed by atoms with Crippen molar-refractivity contribution in [2.24, 2.45) is 10.7 Å². The zero-order valence-electron chi connectivity index (χ0n) is 15.9. The maximum Gasteiger partial charge on any atom is 0.142 e. The monoisotopic (exact) mass is 409 g/mol. The molecule has 1 aromatic rings. The van der Waals surface area contributed by atoms with Crippen LogP contribution in [0.15, 0.2) is 70.9 Å². The van der Waals surface area contributed by atoms with E-state index in [9.17, 15) is 4.39 Å². The van der Waals surface area contributed by atoms with Crippen molar-refractivity contribution in [2.45, 2.75) is 26.3 Å². The Bertz CT molecular complexity index is 767. The molecule has 0 radical (unpaired) electrons. The van der Waals surface area contributed by atoms with Crippen LogP contribution < -0.4 is 5.73 Å². The number of nitrogens with zero attached hydrogens (tertiary/aromatic N) is 2. The third-order valence-corrected chi connectivity index (χ3v) is 4.70. The van der Waals surface area contributed by atoms with Crippen molar-refractivity contribution in [2.75, 3.05) is 13.7 Å². The number of nitrogens with two attached hydrogens (primary N) is 1. The van der Waals surface area contributed by atoms with Gasteiger partial charge in [0.15, 0.2) is 0 Å². The van der Waals surface area contributed by atoms with Gasteiger partial charge in [-0.15, -0.1) is 0 Å². The van der Waals surface area contributed by atoms with Crippen LogP contribution in [0.1, 0.15) is 31.9 Å². The van der Waals surface area contributed by atoms with Gasteiger partial charge in [0.05, 0.1) is 28.5 Å². The van der Waals surface area contributed by atoms with Crippen molar-refractivity contribution >= 4 is 28.9 Å². The zero-order chi connectivity index (χ0) is 20.4. The van der Waals surface area contributed by atoms with Crippen LogP contribution in [0, 0.1) is 5.82 Å². The van der Waals surface area contributed by atoms with E-state index in [0.717, 1.165) is 17.6 Å². The SMILES string of the molecule is C=C/C=C(\C=C/N(C)C(CC)c1ccc(Cl)c(F)c1)C(=NCN)/C(Cl)=C\C.